The highest BCUT2D eigenvalue weighted by atomic mass is 35.5. The van der Waals surface area contributed by atoms with Crippen molar-refractivity contribution < 1.29 is 4.74 Å². The normalized spacial score (nSPS) is 12.7. The molecule has 19 heavy (non-hydrogen) atoms. The average molecular weight is 284 g/mol. The molecule has 0 amide bonds. The van der Waals surface area contributed by atoms with Crippen molar-refractivity contribution in [2.24, 2.45) is 5.92 Å². The number of hydrogen-bond acceptors (Lipinski definition) is 2. The van der Waals surface area contributed by atoms with E-state index in [1.54, 1.807) is 7.11 Å². The molecule has 0 radical (unpaired) electrons. The zero-order valence-corrected chi connectivity index (χ0v) is 13.3. The standard InChI is InChI=1S/C16H26ClNO/c1-5-10-18-16(9-6-12(2)3)14-8-7-13(19-4)11-15(14)17/h7-8,11-12,16,18H,5-6,9-10H2,1-4H3. The van der Waals surface area contributed by atoms with Gasteiger partial charge in [-0.3, -0.25) is 0 Å². The van der Waals surface area contributed by atoms with Crippen molar-refractivity contribution in [3.8, 4) is 5.75 Å². The highest BCUT2D eigenvalue weighted by molar-refractivity contribution is 6.31. The Hall–Kier alpha value is -0.730. The lowest BCUT2D eigenvalue weighted by molar-refractivity contribution is 0.413. The molecule has 0 aromatic heterocycles. The average Bonchev–Trinajstić information content (AvgIpc) is 2.39. The van der Waals surface area contributed by atoms with Crippen molar-refractivity contribution >= 4 is 11.6 Å². The highest BCUT2D eigenvalue weighted by Crippen LogP contribution is 2.30. The molecule has 2 nitrogen and oxygen atoms in total. The Labute approximate surface area is 122 Å². The van der Waals surface area contributed by atoms with Crippen molar-refractivity contribution in [1.29, 1.82) is 0 Å². The van der Waals surface area contributed by atoms with Crippen LogP contribution in [0.15, 0.2) is 18.2 Å². The number of benzene rings is 1. The molecule has 0 aliphatic rings. The molecule has 1 aromatic rings. The van der Waals surface area contributed by atoms with Crippen LogP contribution in [0.2, 0.25) is 5.02 Å². The summed E-state index contributed by atoms with van der Waals surface area (Å²) in [6, 6.07) is 6.29. The highest BCUT2D eigenvalue weighted by Gasteiger charge is 2.15. The Morgan fingerprint density at radius 1 is 1.26 bits per heavy atom. The Morgan fingerprint density at radius 2 is 2.00 bits per heavy atom. The second kappa shape index (κ2) is 8.44. The predicted molar refractivity (Wildman–Crippen MR) is 83.1 cm³/mol. The van der Waals surface area contributed by atoms with Gasteiger partial charge in [0.2, 0.25) is 0 Å². The molecule has 0 heterocycles. The van der Waals surface area contributed by atoms with Crippen LogP contribution in [0.4, 0.5) is 0 Å². The number of hydrogen-bond donors (Lipinski definition) is 1. The van der Waals surface area contributed by atoms with E-state index in [4.69, 9.17) is 16.3 Å². The van der Waals surface area contributed by atoms with Gasteiger partial charge in [-0.1, -0.05) is 38.4 Å². The zero-order valence-electron chi connectivity index (χ0n) is 12.5. The van der Waals surface area contributed by atoms with E-state index >= 15 is 0 Å². The lowest BCUT2D eigenvalue weighted by Crippen LogP contribution is -2.23. The second-order valence-corrected chi connectivity index (χ2v) is 5.77. The number of ether oxygens (including phenoxy) is 1. The molecule has 0 fully saturated rings. The minimum atomic E-state index is 0.334. The summed E-state index contributed by atoms with van der Waals surface area (Å²) >= 11 is 6.38. The summed E-state index contributed by atoms with van der Waals surface area (Å²) in [5, 5.41) is 4.38. The van der Waals surface area contributed by atoms with Gasteiger partial charge in [0, 0.05) is 11.1 Å². The first kappa shape index (κ1) is 16.3. The molecule has 1 unspecified atom stereocenters. The van der Waals surface area contributed by atoms with E-state index < -0.39 is 0 Å². The fourth-order valence-corrected chi connectivity index (χ4v) is 2.41. The zero-order chi connectivity index (χ0) is 14.3. The molecular weight excluding hydrogens is 258 g/mol. The van der Waals surface area contributed by atoms with Gasteiger partial charge >= 0.3 is 0 Å². The van der Waals surface area contributed by atoms with Crippen LogP contribution in [0.3, 0.4) is 0 Å². The minimum Gasteiger partial charge on any atom is -0.497 e. The fraction of sp³-hybridized carbons (Fsp3) is 0.625. The van der Waals surface area contributed by atoms with Gasteiger partial charge in [-0.05, 0) is 49.4 Å². The predicted octanol–water partition coefficient (Wildman–Crippen LogP) is 4.83. The lowest BCUT2D eigenvalue weighted by atomic mass is 9.97. The molecule has 0 spiro atoms. The SMILES string of the molecule is CCCNC(CCC(C)C)c1ccc(OC)cc1Cl. The quantitative estimate of drug-likeness (QED) is 0.738. The van der Waals surface area contributed by atoms with Crippen molar-refractivity contribution in [2.45, 2.75) is 46.1 Å². The molecule has 1 aromatic carbocycles. The first-order valence-electron chi connectivity index (χ1n) is 7.15. The Balaban J connectivity index is 2.82. The Kier molecular flexibility index (Phi) is 7.25. The summed E-state index contributed by atoms with van der Waals surface area (Å²) < 4.78 is 5.20. The van der Waals surface area contributed by atoms with Crippen LogP contribution in [-0.4, -0.2) is 13.7 Å². The number of nitrogens with one attached hydrogen (secondary N) is 1. The molecule has 108 valence electrons. The summed E-state index contributed by atoms with van der Waals surface area (Å²) in [6.07, 6.45) is 3.44. The Bertz CT molecular complexity index is 379. The maximum Gasteiger partial charge on any atom is 0.120 e. The minimum absolute atomic E-state index is 0.334. The summed E-state index contributed by atoms with van der Waals surface area (Å²) in [4.78, 5) is 0. The molecule has 0 saturated carbocycles. The summed E-state index contributed by atoms with van der Waals surface area (Å²) in [7, 11) is 1.66. The van der Waals surface area contributed by atoms with Crippen molar-refractivity contribution in [3.05, 3.63) is 28.8 Å². The van der Waals surface area contributed by atoms with Gasteiger partial charge in [-0.25, -0.2) is 0 Å². The fourth-order valence-electron chi connectivity index (χ4n) is 2.10. The van der Waals surface area contributed by atoms with Crippen LogP contribution in [0.1, 0.15) is 51.6 Å². The van der Waals surface area contributed by atoms with Crippen molar-refractivity contribution in [2.75, 3.05) is 13.7 Å². The van der Waals surface area contributed by atoms with Gasteiger partial charge < -0.3 is 10.1 Å². The third kappa shape index (κ3) is 5.42. The monoisotopic (exact) mass is 283 g/mol. The van der Waals surface area contributed by atoms with Gasteiger partial charge in [-0.15, -0.1) is 0 Å². The van der Waals surface area contributed by atoms with Crippen LogP contribution >= 0.6 is 11.6 Å². The van der Waals surface area contributed by atoms with Crippen LogP contribution in [0.5, 0.6) is 5.75 Å². The van der Waals surface area contributed by atoms with Gasteiger partial charge in [0.15, 0.2) is 0 Å². The van der Waals surface area contributed by atoms with Crippen LogP contribution in [-0.2, 0) is 0 Å². The van der Waals surface area contributed by atoms with Crippen LogP contribution in [0.25, 0.3) is 0 Å². The van der Waals surface area contributed by atoms with E-state index in [1.807, 2.05) is 12.1 Å². The third-order valence-corrected chi connectivity index (χ3v) is 3.58. The first-order valence-corrected chi connectivity index (χ1v) is 7.53. The van der Waals surface area contributed by atoms with E-state index in [1.165, 1.54) is 12.0 Å². The molecule has 0 aliphatic heterocycles. The van der Waals surface area contributed by atoms with E-state index in [2.05, 4.69) is 32.2 Å². The summed E-state index contributed by atoms with van der Waals surface area (Å²) in [5.74, 6) is 1.52. The summed E-state index contributed by atoms with van der Waals surface area (Å²) in [5.41, 5.74) is 1.18. The summed E-state index contributed by atoms with van der Waals surface area (Å²) in [6.45, 7) is 7.71. The maximum absolute atomic E-state index is 6.38. The molecule has 1 atom stereocenters. The third-order valence-electron chi connectivity index (χ3n) is 3.26. The first-order chi connectivity index (χ1) is 9.08. The van der Waals surface area contributed by atoms with Gasteiger partial charge in [0.05, 0.1) is 7.11 Å². The molecule has 1 rings (SSSR count). The van der Waals surface area contributed by atoms with Gasteiger partial charge in [0.25, 0.3) is 0 Å². The van der Waals surface area contributed by atoms with Gasteiger partial charge in [0.1, 0.15) is 5.75 Å². The largest absolute Gasteiger partial charge is 0.497 e. The molecular formula is C16H26ClNO. The molecule has 3 heteroatoms. The number of rotatable bonds is 8. The van der Waals surface area contributed by atoms with E-state index in [0.29, 0.717) is 12.0 Å². The molecule has 0 bridgehead atoms. The van der Waals surface area contributed by atoms with Crippen molar-refractivity contribution in [1.82, 2.24) is 5.32 Å². The molecule has 1 N–H and O–H groups in total. The number of halogens is 1. The van der Waals surface area contributed by atoms with E-state index in [9.17, 15) is 0 Å². The second-order valence-electron chi connectivity index (χ2n) is 5.37. The molecule has 0 aliphatic carbocycles. The van der Waals surface area contributed by atoms with Crippen molar-refractivity contribution in [3.63, 3.8) is 0 Å². The van der Waals surface area contributed by atoms with E-state index in [0.717, 1.165) is 30.2 Å². The van der Waals surface area contributed by atoms with Crippen LogP contribution in [0, 0.1) is 5.92 Å². The van der Waals surface area contributed by atoms with Crippen LogP contribution < -0.4 is 10.1 Å². The topological polar surface area (TPSA) is 21.3 Å². The maximum atomic E-state index is 6.38. The number of methoxy groups -OCH3 is 1. The Morgan fingerprint density at radius 3 is 2.53 bits per heavy atom. The smallest absolute Gasteiger partial charge is 0.120 e. The molecule has 0 saturated heterocycles. The lowest BCUT2D eigenvalue weighted by Gasteiger charge is -2.21. The van der Waals surface area contributed by atoms with E-state index in [-0.39, 0.29) is 0 Å². The van der Waals surface area contributed by atoms with Gasteiger partial charge in [-0.2, -0.15) is 0 Å².